The van der Waals surface area contributed by atoms with Gasteiger partial charge in [-0.3, -0.25) is 0 Å². The van der Waals surface area contributed by atoms with E-state index in [1.54, 1.807) is 13.3 Å². The molecule has 0 saturated carbocycles. The molecule has 3 rings (SSSR count). The fraction of sp³-hybridized carbons (Fsp3) is 0.211. The first-order chi connectivity index (χ1) is 12.2. The molecule has 1 aromatic heterocycles. The molecule has 128 valence electrons. The Morgan fingerprint density at radius 1 is 0.960 bits per heavy atom. The fourth-order valence-corrected chi connectivity index (χ4v) is 2.39. The largest absolute Gasteiger partial charge is 0.496 e. The Balaban J connectivity index is 1.60. The number of benzene rings is 2. The molecule has 0 saturated heterocycles. The number of anilines is 2. The number of aryl methyl sites for hydroxylation is 1. The molecule has 0 radical (unpaired) electrons. The summed E-state index contributed by atoms with van der Waals surface area (Å²) in [6.45, 7) is 3.32. The summed E-state index contributed by atoms with van der Waals surface area (Å²) in [4.78, 5) is 4.44. The summed E-state index contributed by atoms with van der Waals surface area (Å²) < 4.78 is 5.34. The molecule has 3 aromatic rings. The minimum Gasteiger partial charge on any atom is -0.496 e. The number of nitrogens with zero attached hydrogens (tertiary/aromatic N) is 3. The van der Waals surface area contributed by atoms with E-state index in [0.717, 1.165) is 11.3 Å². The third-order valence-electron chi connectivity index (χ3n) is 3.78. The van der Waals surface area contributed by atoms with Crippen molar-refractivity contribution in [2.45, 2.75) is 20.0 Å². The van der Waals surface area contributed by atoms with E-state index in [1.165, 1.54) is 11.1 Å². The highest BCUT2D eigenvalue weighted by atomic mass is 16.5. The van der Waals surface area contributed by atoms with Crippen molar-refractivity contribution in [1.29, 1.82) is 0 Å². The minimum absolute atomic E-state index is 0.472. The van der Waals surface area contributed by atoms with Crippen molar-refractivity contribution in [3.05, 3.63) is 71.4 Å². The van der Waals surface area contributed by atoms with Crippen molar-refractivity contribution in [3.8, 4) is 5.75 Å². The van der Waals surface area contributed by atoms with Gasteiger partial charge < -0.3 is 15.4 Å². The lowest BCUT2D eigenvalue weighted by Gasteiger charge is -2.10. The Morgan fingerprint density at radius 2 is 1.76 bits per heavy atom. The number of ether oxygens (including phenoxy) is 1. The molecule has 0 aliphatic heterocycles. The monoisotopic (exact) mass is 335 g/mol. The van der Waals surface area contributed by atoms with Crippen LogP contribution in [-0.2, 0) is 13.1 Å². The molecule has 0 spiro atoms. The van der Waals surface area contributed by atoms with Crippen molar-refractivity contribution in [1.82, 2.24) is 15.2 Å². The molecule has 0 fully saturated rings. The summed E-state index contributed by atoms with van der Waals surface area (Å²) in [6.07, 6.45) is 1.61. The van der Waals surface area contributed by atoms with E-state index in [-0.39, 0.29) is 0 Å². The Labute approximate surface area is 147 Å². The Morgan fingerprint density at radius 3 is 2.56 bits per heavy atom. The Hall–Kier alpha value is -3.15. The molecule has 2 N–H and O–H groups in total. The average molecular weight is 335 g/mol. The Bertz CT molecular complexity index is 820. The lowest BCUT2D eigenvalue weighted by molar-refractivity contribution is 0.410. The summed E-state index contributed by atoms with van der Waals surface area (Å²) in [7, 11) is 1.66. The topological polar surface area (TPSA) is 72.0 Å². The van der Waals surface area contributed by atoms with Gasteiger partial charge >= 0.3 is 0 Å². The zero-order valence-electron chi connectivity index (χ0n) is 14.4. The van der Waals surface area contributed by atoms with Gasteiger partial charge in [0.15, 0.2) is 5.82 Å². The average Bonchev–Trinajstić information content (AvgIpc) is 2.66. The number of methoxy groups -OCH3 is 1. The summed E-state index contributed by atoms with van der Waals surface area (Å²) in [6, 6.07) is 16.2. The third-order valence-corrected chi connectivity index (χ3v) is 3.78. The van der Waals surface area contributed by atoms with Gasteiger partial charge in [-0.15, -0.1) is 5.10 Å². The molecular weight excluding hydrogens is 314 g/mol. The maximum atomic E-state index is 5.34. The number of nitrogens with one attached hydrogen (secondary N) is 2. The van der Waals surface area contributed by atoms with Crippen LogP contribution in [0.15, 0.2) is 54.7 Å². The van der Waals surface area contributed by atoms with Crippen molar-refractivity contribution in [2.24, 2.45) is 0 Å². The van der Waals surface area contributed by atoms with Gasteiger partial charge in [0, 0.05) is 18.7 Å². The van der Waals surface area contributed by atoms with Crippen LogP contribution in [-0.4, -0.2) is 22.3 Å². The van der Waals surface area contributed by atoms with Crippen LogP contribution in [0.2, 0.25) is 0 Å². The number of hydrogen-bond donors (Lipinski definition) is 2. The number of rotatable bonds is 7. The van der Waals surface area contributed by atoms with E-state index < -0.39 is 0 Å². The predicted octanol–water partition coefficient (Wildman–Crippen LogP) is 3.41. The number of para-hydroxylation sites is 1. The fourth-order valence-electron chi connectivity index (χ4n) is 2.39. The standard InChI is InChI=1S/C19H21N5O/c1-14-7-9-15(10-8-14)11-20-18-13-22-24-19(23-18)21-12-16-5-3-4-6-17(16)25-2/h3-10,13H,11-12H2,1-2H3,(H2,20,21,23,24). The van der Waals surface area contributed by atoms with Gasteiger partial charge in [0.25, 0.3) is 0 Å². The van der Waals surface area contributed by atoms with Gasteiger partial charge in [0.05, 0.1) is 13.3 Å². The van der Waals surface area contributed by atoms with Crippen molar-refractivity contribution < 1.29 is 4.74 Å². The quantitative estimate of drug-likeness (QED) is 0.689. The van der Waals surface area contributed by atoms with E-state index in [1.807, 2.05) is 24.3 Å². The highest BCUT2D eigenvalue weighted by molar-refractivity contribution is 5.40. The van der Waals surface area contributed by atoms with E-state index >= 15 is 0 Å². The van der Waals surface area contributed by atoms with Crippen LogP contribution in [0.1, 0.15) is 16.7 Å². The number of aromatic nitrogens is 3. The zero-order valence-corrected chi connectivity index (χ0v) is 14.4. The van der Waals surface area contributed by atoms with E-state index in [9.17, 15) is 0 Å². The van der Waals surface area contributed by atoms with Gasteiger partial charge in [0.1, 0.15) is 5.75 Å². The molecule has 0 aliphatic rings. The normalized spacial score (nSPS) is 10.3. The molecule has 0 aliphatic carbocycles. The maximum absolute atomic E-state index is 5.34. The highest BCUT2D eigenvalue weighted by Crippen LogP contribution is 2.18. The van der Waals surface area contributed by atoms with Gasteiger partial charge in [0.2, 0.25) is 5.95 Å². The van der Waals surface area contributed by atoms with E-state index in [4.69, 9.17) is 4.74 Å². The summed E-state index contributed by atoms with van der Waals surface area (Å²) >= 11 is 0. The Kier molecular flexibility index (Phi) is 5.41. The lowest BCUT2D eigenvalue weighted by atomic mass is 10.1. The molecule has 6 nitrogen and oxygen atoms in total. The molecule has 1 heterocycles. The van der Waals surface area contributed by atoms with Crippen molar-refractivity contribution in [2.75, 3.05) is 17.7 Å². The molecule has 0 amide bonds. The third kappa shape index (κ3) is 4.67. The van der Waals surface area contributed by atoms with Gasteiger partial charge in [-0.25, -0.2) is 0 Å². The summed E-state index contributed by atoms with van der Waals surface area (Å²) in [5.41, 5.74) is 3.47. The van der Waals surface area contributed by atoms with Gasteiger partial charge in [-0.05, 0) is 18.6 Å². The van der Waals surface area contributed by atoms with Crippen LogP contribution >= 0.6 is 0 Å². The molecule has 0 bridgehead atoms. The first-order valence-corrected chi connectivity index (χ1v) is 8.09. The second kappa shape index (κ2) is 8.10. The van der Waals surface area contributed by atoms with Crippen LogP contribution < -0.4 is 15.4 Å². The molecule has 0 unspecified atom stereocenters. The van der Waals surface area contributed by atoms with Crippen LogP contribution in [0, 0.1) is 6.92 Å². The van der Waals surface area contributed by atoms with Gasteiger partial charge in [-0.2, -0.15) is 10.1 Å². The van der Waals surface area contributed by atoms with E-state index in [0.29, 0.717) is 24.9 Å². The smallest absolute Gasteiger partial charge is 0.244 e. The second-order valence-electron chi connectivity index (χ2n) is 5.67. The van der Waals surface area contributed by atoms with Crippen LogP contribution in [0.25, 0.3) is 0 Å². The van der Waals surface area contributed by atoms with Crippen LogP contribution in [0.5, 0.6) is 5.75 Å². The molecular formula is C19H21N5O. The summed E-state index contributed by atoms with van der Waals surface area (Å²) in [5, 5.41) is 14.5. The SMILES string of the molecule is COc1ccccc1CNc1nncc(NCc2ccc(C)cc2)n1. The molecule has 2 aromatic carbocycles. The van der Waals surface area contributed by atoms with Gasteiger partial charge in [-0.1, -0.05) is 48.0 Å². The second-order valence-corrected chi connectivity index (χ2v) is 5.67. The zero-order chi connectivity index (χ0) is 17.5. The van der Waals surface area contributed by atoms with Crippen LogP contribution in [0.4, 0.5) is 11.8 Å². The minimum atomic E-state index is 0.472. The van der Waals surface area contributed by atoms with Crippen LogP contribution in [0.3, 0.4) is 0 Å². The first kappa shape index (κ1) is 16.7. The number of hydrogen-bond acceptors (Lipinski definition) is 6. The molecule has 6 heteroatoms. The van der Waals surface area contributed by atoms with Crippen molar-refractivity contribution >= 4 is 11.8 Å². The lowest BCUT2D eigenvalue weighted by Crippen LogP contribution is -2.08. The predicted molar refractivity (Wildman–Crippen MR) is 98.7 cm³/mol. The van der Waals surface area contributed by atoms with Crippen molar-refractivity contribution in [3.63, 3.8) is 0 Å². The molecule has 0 atom stereocenters. The summed E-state index contributed by atoms with van der Waals surface area (Å²) in [5.74, 6) is 1.98. The highest BCUT2D eigenvalue weighted by Gasteiger charge is 2.04. The van der Waals surface area contributed by atoms with E-state index in [2.05, 4.69) is 57.0 Å². The maximum Gasteiger partial charge on any atom is 0.244 e. The molecule has 25 heavy (non-hydrogen) atoms. The first-order valence-electron chi connectivity index (χ1n) is 8.09.